The monoisotopic (exact) mass is 305 g/mol. The lowest BCUT2D eigenvalue weighted by atomic mass is 9.86. The third kappa shape index (κ3) is 5.80. The van der Waals surface area contributed by atoms with E-state index in [9.17, 15) is 4.79 Å². The summed E-state index contributed by atoms with van der Waals surface area (Å²) in [6.07, 6.45) is 0.832. The molecule has 0 bridgehead atoms. The molecule has 0 aromatic heterocycles. The van der Waals surface area contributed by atoms with Crippen LogP contribution in [0.4, 0.5) is 0 Å². The zero-order valence-corrected chi connectivity index (χ0v) is 14.9. The predicted molar refractivity (Wildman–Crippen MR) is 91.8 cm³/mol. The largest absolute Gasteiger partial charge is 0.465 e. The van der Waals surface area contributed by atoms with E-state index in [0.29, 0.717) is 13.2 Å². The van der Waals surface area contributed by atoms with Crippen molar-refractivity contribution in [3.05, 3.63) is 35.4 Å². The lowest BCUT2D eigenvalue weighted by Gasteiger charge is -2.21. The van der Waals surface area contributed by atoms with E-state index in [2.05, 4.69) is 45.0 Å². The zero-order chi connectivity index (χ0) is 17.0. The highest BCUT2D eigenvalue weighted by Crippen LogP contribution is 2.23. The van der Waals surface area contributed by atoms with E-state index in [4.69, 9.17) is 10.5 Å². The third-order valence-corrected chi connectivity index (χ3v) is 3.74. The average Bonchev–Trinajstić information content (AvgIpc) is 2.41. The summed E-state index contributed by atoms with van der Waals surface area (Å²) in [5.41, 5.74) is 8.07. The van der Waals surface area contributed by atoms with Crippen molar-refractivity contribution in [1.29, 1.82) is 0 Å². The van der Waals surface area contributed by atoms with Gasteiger partial charge in [-0.2, -0.15) is 0 Å². The molecule has 124 valence electrons. The first-order chi connectivity index (χ1) is 10.0. The molecular weight excluding hydrogens is 274 g/mol. The molecule has 3 heteroatoms. The van der Waals surface area contributed by atoms with Gasteiger partial charge < -0.3 is 10.5 Å². The summed E-state index contributed by atoms with van der Waals surface area (Å²) in [7, 11) is 0. The number of hydrogen-bond acceptors (Lipinski definition) is 3. The van der Waals surface area contributed by atoms with Crippen molar-refractivity contribution < 1.29 is 9.53 Å². The Bertz CT molecular complexity index is 478. The molecule has 0 spiro atoms. The molecule has 0 radical (unpaired) electrons. The lowest BCUT2D eigenvalue weighted by molar-refractivity contribution is -0.154. The Hall–Kier alpha value is -1.35. The summed E-state index contributed by atoms with van der Waals surface area (Å²) in [6.45, 7) is 13.1. The van der Waals surface area contributed by atoms with Crippen molar-refractivity contribution >= 4 is 5.97 Å². The molecule has 1 rings (SSSR count). The summed E-state index contributed by atoms with van der Waals surface area (Å²) in [5.74, 6) is -0.0131. The Morgan fingerprint density at radius 1 is 1.09 bits per heavy atom. The number of nitrogens with two attached hydrogens (primary N) is 1. The van der Waals surface area contributed by atoms with E-state index in [0.717, 1.165) is 6.42 Å². The van der Waals surface area contributed by atoms with Crippen molar-refractivity contribution in [1.82, 2.24) is 0 Å². The predicted octanol–water partition coefficient (Wildman–Crippen LogP) is 3.69. The number of ether oxygens (including phenoxy) is 1. The SMILES string of the molecule is CC(C)(C)C(=O)OCC(CN)Cc1ccc(C(C)(C)C)cc1. The Kier molecular flexibility index (Phi) is 6.18. The fourth-order valence-electron chi connectivity index (χ4n) is 2.09. The molecule has 0 aliphatic rings. The smallest absolute Gasteiger partial charge is 0.311 e. The number of esters is 1. The van der Waals surface area contributed by atoms with Gasteiger partial charge in [-0.25, -0.2) is 0 Å². The molecule has 0 heterocycles. The van der Waals surface area contributed by atoms with Crippen molar-refractivity contribution in [2.24, 2.45) is 17.1 Å². The van der Waals surface area contributed by atoms with Gasteiger partial charge in [-0.15, -0.1) is 0 Å². The topological polar surface area (TPSA) is 52.3 Å². The van der Waals surface area contributed by atoms with Gasteiger partial charge in [-0.1, -0.05) is 45.0 Å². The van der Waals surface area contributed by atoms with Crippen molar-refractivity contribution in [2.75, 3.05) is 13.2 Å². The Balaban J connectivity index is 2.61. The minimum absolute atomic E-state index is 0.159. The van der Waals surface area contributed by atoms with Crippen LogP contribution in [0.5, 0.6) is 0 Å². The number of hydrogen-bond donors (Lipinski definition) is 1. The van der Waals surface area contributed by atoms with Crippen molar-refractivity contribution in [3.63, 3.8) is 0 Å². The Morgan fingerprint density at radius 3 is 2.05 bits per heavy atom. The summed E-state index contributed by atoms with van der Waals surface area (Å²) in [5, 5.41) is 0. The summed E-state index contributed by atoms with van der Waals surface area (Å²) in [4.78, 5) is 11.8. The molecule has 2 N–H and O–H groups in total. The fraction of sp³-hybridized carbons (Fsp3) is 0.632. The van der Waals surface area contributed by atoms with Crippen LogP contribution >= 0.6 is 0 Å². The molecule has 1 unspecified atom stereocenters. The van der Waals surface area contributed by atoms with Crippen LogP contribution in [-0.4, -0.2) is 19.1 Å². The van der Waals surface area contributed by atoms with Crippen molar-refractivity contribution in [2.45, 2.75) is 53.4 Å². The molecule has 1 atom stereocenters. The minimum Gasteiger partial charge on any atom is -0.465 e. The maximum absolute atomic E-state index is 11.8. The molecule has 3 nitrogen and oxygen atoms in total. The number of carbonyl (C=O) groups excluding carboxylic acids is 1. The van der Waals surface area contributed by atoms with Gasteiger partial charge in [-0.05, 0) is 50.3 Å². The second kappa shape index (κ2) is 7.28. The van der Waals surface area contributed by atoms with Gasteiger partial charge in [0.15, 0.2) is 0 Å². The molecule has 1 aromatic carbocycles. The van der Waals surface area contributed by atoms with Crippen LogP contribution in [0, 0.1) is 11.3 Å². The molecule has 0 amide bonds. The molecule has 0 aliphatic carbocycles. The molecule has 0 fully saturated rings. The standard InChI is InChI=1S/C19H31NO2/c1-18(2,3)16-9-7-14(8-10-16)11-15(12-20)13-22-17(21)19(4,5)6/h7-10,15H,11-13,20H2,1-6H3. The quantitative estimate of drug-likeness (QED) is 0.844. The van der Waals surface area contributed by atoms with Gasteiger partial charge >= 0.3 is 5.97 Å². The van der Waals surface area contributed by atoms with Gasteiger partial charge in [0, 0.05) is 5.92 Å². The Morgan fingerprint density at radius 2 is 1.64 bits per heavy atom. The maximum atomic E-state index is 11.8. The van der Waals surface area contributed by atoms with Crippen LogP contribution in [0.15, 0.2) is 24.3 Å². The minimum atomic E-state index is -0.465. The van der Waals surface area contributed by atoms with Gasteiger partial charge in [0.25, 0.3) is 0 Å². The van der Waals surface area contributed by atoms with Crippen LogP contribution in [0.2, 0.25) is 0 Å². The van der Waals surface area contributed by atoms with Gasteiger partial charge in [0.2, 0.25) is 0 Å². The van der Waals surface area contributed by atoms with Crippen LogP contribution < -0.4 is 5.73 Å². The second-order valence-corrected chi connectivity index (χ2v) is 8.10. The summed E-state index contributed by atoms with van der Waals surface area (Å²) < 4.78 is 5.39. The van der Waals surface area contributed by atoms with E-state index >= 15 is 0 Å². The fourth-order valence-corrected chi connectivity index (χ4v) is 2.09. The van der Waals surface area contributed by atoms with Gasteiger partial charge in [-0.3, -0.25) is 4.79 Å². The first kappa shape index (κ1) is 18.7. The van der Waals surface area contributed by atoms with E-state index < -0.39 is 5.41 Å². The molecule has 0 saturated heterocycles. The molecule has 1 aromatic rings. The van der Waals surface area contributed by atoms with E-state index in [1.165, 1.54) is 11.1 Å². The van der Waals surface area contributed by atoms with Crippen LogP contribution in [0.3, 0.4) is 0 Å². The maximum Gasteiger partial charge on any atom is 0.311 e. The highest BCUT2D eigenvalue weighted by molar-refractivity contribution is 5.75. The normalized spacial score (nSPS) is 13.8. The van der Waals surface area contributed by atoms with Crippen LogP contribution in [-0.2, 0) is 21.4 Å². The molecule has 22 heavy (non-hydrogen) atoms. The van der Waals surface area contributed by atoms with E-state index in [1.807, 2.05) is 20.8 Å². The highest BCUT2D eigenvalue weighted by atomic mass is 16.5. The summed E-state index contributed by atoms with van der Waals surface area (Å²) in [6, 6.07) is 8.64. The van der Waals surface area contributed by atoms with E-state index in [-0.39, 0.29) is 17.3 Å². The van der Waals surface area contributed by atoms with Gasteiger partial charge in [0.05, 0.1) is 12.0 Å². The molecule has 0 saturated carbocycles. The molecule has 0 aliphatic heterocycles. The first-order valence-electron chi connectivity index (χ1n) is 8.00. The molecular formula is C19H31NO2. The summed E-state index contributed by atoms with van der Waals surface area (Å²) >= 11 is 0. The first-order valence-corrected chi connectivity index (χ1v) is 8.00. The second-order valence-electron chi connectivity index (χ2n) is 8.10. The zero-order valence-electron chi connectivity index (χ0n) is 14.9. The van der Waals surface area contributed by atoms with Gasteiger partial charge in [0.1, 0.15) is 0 Å². The number of rotatable bonds is 5. The van der Waals surface area contributed by atoms with Crippen LogP contribution in [0.1, 0.15) is 52.7 Å². The number of carbonyl (C=O) groups is 1. The Labute approximate surface area is 135 Å². The van der Waals surface area contributed by atoms with Crippen LogP contribution in [0.25, 0.3) is 0 Å². The van der Waals surface area contributed by atoms with E-state index in [1.54, 1.807) is 0 Å². The average molecular weight is 305 g/mol. The highest BCUT2D eigenvalue weighted by Gasteiger charge is 2.24. The number of benzene rings is 1. The van der Waals surface area contributed by atoms with Crippen molar-refractivity contribution in [3.8, 4) is 0 Å². The third-order valence-electron chi connectivity index (χ3n) is 3.74. The lowest BCUT2D eigenvalue weighted by Crippen LogP contribution is -2.29.